The third-order valence-corrected chi connectivity index (χ3v) is 3.52. The second-order valence-electron chi connectivity index (χ2n) is 4.27. The van der Waals surface area contributed by atoms with Crippen molar-refractivity contribution in [3.05, 3.63) is 11.6 Å². The molecule has 0 radical (unpaired) electrons. The summed E-state index contributed by atoms with van der Waals surface area (Å²) in [5.41, 5.74) is 0. The first-order valence-electron chi connectivity index (χ1n) is 5.88. The Morgan fingerprint density at radius 3 is 2.88 bits per heavy atom. The van der Waals surface area contributed by atoms with Crippen LogP contribution in [0.5, 0.6) is 0 Å². The first-order chi connectivity index (χ1) is 8.26. The van der Waals surface area contributed by atoms with E-state index in [1.165, 1.54) is 0 Å². The van der Waals surface area contributed by atoms with E-state index in [2.05, 4.69) is 37.6 Å². The highest BCUT2D eigenvalue weighted by molar-refractivity contribution is 9.08. The molecule has 0 aliphatic carbocycles. The van der Waals surface area contributed by atoms with E-state index >= 15 is 0 Å². The summed E-state index contributed by atoms with van der Waals surface area (Å²) < 4.78 is 13.1. The van der Waals surface area contributed by atoms with Crippen LogP contribution in [-0.4, -0.2) is 34.6 Å². The molecule has 1 fully saturated rings. The van der Waals surface area contributed by atoms with Gasteiger partial charge in [-0.25, -0.2) is 0 Å². The Morgan fingerprint density at radius 1 is 1.47 bits per heavy atom. The lowest BCUT2D eigenvalue weighted by atomic mass is 10.2. The van der Waals surface area contributed by atoms with E-state index in [9.17, 15) is 0 Å². The highest BCUT2D eigenvalue weighted by Gasteiger charge is 2.28. The predicted molar refractivity (Wildman–Crippen MR) is 67.1 cm³/mol. The van der Waals surface area contributed by atoms with Gasteiger partial charge in [0.15, 0.2) is 5.82 Å². The van der Waals surface area contributed by atoms with Crippen molar-refractivity contribution in [3.8, 4) is 0 Å². The number of methoxy groups -OCH3 is 1. The molecule has 2 rings (SSSR count). The Bertz CT molecular complexity index is 370. The minimum Gasteiger partial charge on any atom is -0.383 e. The summed E-state index contributed by atoms with van der Waals surface area (Å²) in [4.78, 5) is 0. The molecule has 96 valence electrons. The van der Waals surface area contributed by atoms with Gasteiger partial charge in [-0.3, -0.25) is 0 Å². The fraction of sp³-hybridized carbons (Fsp3) is 0.818. The topological polar surface area (TPSA) is 49.2 Å². The van der Waals surface area contributed by atoms with Gasteiger partial charge in [0.1, 0.15) is 11.9 Å². The second kappa shape index (κ2) is 5.93. The number of ether oxygens (including phenoxy) is 2. The van der Waals surface area contributed by atoms with Crippen LogP contribution in [0.2, 0.25) is 0 Å². The molecular formula is C11H18BrN3O2. The van der Waals surface area contributed by atoms with E-state index in [0.29, 0.717) is 18.0 Å². The normalized spacial score (nSPS) is 24.4. The van der Waals surface area contributed by atoms with Gasteiger partial charge in [0.05, 0.1) is 18.0 Å². The van der Waals surface area contributed by atoms with E-state index in [1.54, 1.807) is 7.11 Å². The first-order valence-corrected chi connectivity index (χ1v) is 7.00. The molecule has 0 N–H and O–H groups in total. The molecule has 1 saturated heterocycles. The first kappa shape index (κ1) is 13.0. The van der Waals surface area contributed by atoms with Gasteiger partial charge < -0.3 is 14.0 Å². The molecule has 0 bridgehead atoms. The minimum absolute atomic E-state index is 0.0853. The summed E-state index contributed by atoms with van der Waals surface area (Å²) in [6.45, 7) is 3.53. The molecule has 2 heterocycles. The molecule has 17 heavy (non-hydrogen) atoms. The van der Waals surface area contributed by atoms with E-state index in [-0.39, 0.29) is 6.10 Å². The van der Waals surface area contributed by atoms with Crippen LogP contribution in [0.1, 0.15) is 37.5 Å². The average molecular weight is 304 g/mol. The molecule has 1 aromatic rings. The lowest BCUT2D eigenvalue weighted by Crippen LogP contribution is -2.14. The van der Waals surface area contributed by atoms with Crippen molar-refractivity contribution in [1.82, 2.24) is 14.8 Å². The number of nitrogens with zero attached hydrogens (tertiary/aromatic N) is 3. The quantitative estimate of drug-likeness (QED) is 0.781. The van der Waals surface area contributed by atoms with Gasteiger partial charge in [0, 0.05) is 13.7 Å². The summed E-state index contributed by atoms with van der Waals surface area (Å²) in [6, 6.07) is 0. The van der Waals surface area contributed by atoms with Crippen molar-refractivity contribution < 1.29 is 9.47 Å². The maximum atomic E-state index is 5.85. The molecule has 1 aromatic heterocycles. The van der Waals surface area contributed by atoms with Crippen LogP contribution in [0.3, 0.4) is 0 Å². The van der Waals surface area contributed by atoms with Gasteiger partial charge in [0.2, 0.25) is 0 Å². The fourth-order valence-corrected chi connectivity index (χ4v) is 2.52. The zero-order valence-electron chi connectivity index (χ0n) is 10.2. The monoisotopic (exact) mass is 303 g/mol. The molecule has 1 aliphatic heterocycles. The number of hydrogen-bond acceptors (Lipinski definition) is 4. The van der Waals surface area contributed by atoms with Crippen LogP contribution >= 0.6 is 15.9 Å². The Hall–Kier alpha value is -0.460. The highest BCUT2D eigenvalue weighted by atomic mass is 79.9. The number of halogens is 1. The van der Waals surface area contributed by atoms with Gasteiger partial charge in [-0.2, -0.15) is 0 Å². The third-order valence-electron chi connectivity index (χ3n) is 3.01. The summed E-state index contributed by atoms with van der Waals surface area (Å²) >= 11 is 3.43. The second-order valence-corrected chi connectivity index (χ2v) is 4.83. The van der Waals surface area contributed by atoms with Gasteiger partial charge in [-0.05, 0) is 19.8 Å². The highest BCUT2D eigenvalue weighted by Crippen LogP contribution is 2.31. The van der Waals surface area contributed by atoms with E-state index in [0.717, 1.165) is 31.0 Å². The SMILES string of the molecule is COCCn1c(CBr)nnc1C1CCC(C)O1. The Morgan fingerprint density at radius 2 is 2.29 bits per heavy atom. The van der Waals surface area contributed by atoms with Crippen LogP contribution in [0.15, 0.2) is 0 Å². The lowest BCUT2D eigenvalue weighted by Gasteiger charge is -2.13. The van der Waals surface area contributed by atoms with Gasteiger partial charge in [-0.1, -0.05) is 15.9 Å². The molecule has 1 aliphatic rings. The zero-order chi connectivity index (χ0) is 12.3. The molecule has 0 aromatic carbocycles. The zero-order valence-corrected chi connectivity index (χ0v) is 11.8. The van der Waals surface area contributed by atoms with Crippen molar-refractivity contribution in [2.75, 3.05) is 13.7 Å². The molecule has 6 heteroatoms. The lowest BCUT2D eigenvalue weighted by molar-refractivity contribution is 0.0469. The molecule has 0 saturated carbocycles. The van der Waals surface area contributed by atoms with Crippen molar-refractivity contribution in [3.63, 3.8) is 0 Å². The van der Waals surface area contributed by atoms with Gasteiger partial charge in [-0.15, -0.1) is 10.2 Å². The molecule has 5 nitrogen and oxygen atoms in total. The van der Waals surface area contributed by atoms with E-state index in [1.807, 2.05) is 0 Å². The molecule has 0 amide bonds. The van der Waals surface area contributed by atoms with Crippen molar-refractivity contribution >= 4 is 15.9 Å². The Balaban J connectivity index is 2.17. The van der Waals surface area contributed by atoms with Crippen LogP contribution in [0, 0.1) is 0 Å². The van der Waals surface area contributed by atoms with Crippen molar-refractivity contribution in [2.45, 2.75) is 43.8 Å². The van der Waals surface area contributed by atoms with Gasteiger partial charge in [0.25, 0.3) is 0 Å². The van der Waals surface area contributed by atoms with Crippen LogP contribution in [-0.2, 0) is 21.3 Å². The number of rotatable bonds is 5. The van der Waals surface area contributed by atoms with E-state index < -0.39 is 0 Å². The summed E-state index contributed by atoms with van der Waals surface area (Å²) in [5.74, 6) is 1.86. The Labute approximate surface area is 110 Å². The number of alkyl halides is 1. The maximum absolute atomic E-state index is 5.85. The Kier molecular flexibility index (Phi) is 4.53. The third kappa shape index (κ3) is 2.86. The van der Waals surface area contributed by atoms with Crippen LogP contribution in [0.4, 0.5) is 0 Å². The maximum Gasteiger partial charge on any atom is 0.162 e. The summed E-state index contributed by atoms with van der Waals surface area (Å²) in [5, 5.41) is 9.15. The van der Waals surface area contributed by atoms with Crippen LogP contribution in [0.25, 0.3) is 0 Å². The smallest absolute Gasteiger partial charge is 0.162 e. The molecular weight excluding hydrogens is 286 g/mol. The van der Waals surface area contributed by atoms with Crippen molar-refractivity contribution in [1.29, 1.82) is 0 Å². The molecule has 2 unspecified atom stereocenters. The number of aromatic nitrogens is 3. The largest absolute Gasteiger partial charge is 0.383 e. The predicted octanol–water partition coefficient (Wildman–Crippen LogP) is 2.06. The average Bonchev–Trinajstić information content (AvgIpc) is 2.91. The van der Waals surface area contributed by atoms with Gasteiger partial charge >= 0.3 is 0 Å². The molecule has 0 spiro atoms. The van der Waals surface area contributed by atoms with Crippen LogP contribution < -0.4 is 0 Å². The summed E-state index contributed by atoms with van der Waals surface area (Å²) in [6.07, 6.45) is 2.52. The van der Waals surface area contributed by atoms with Crippen molar-refractivity contribution in [2.24, 2.45) is 0 Å². The van der Waals surface area contributed by atoms with E-state index in [4.69, 9.17) is 9.47 Å². The number of hydrogen-bond donors (Lipinski definition) is 0. The summed E-state index contributed by atoms with van der Waals surface area (Å²) in [7, 11) is 1.70. The minimum atomic E-state index is 0.0853. The standard InChI is InChI=1S/C11H18BrN3O2/c1-8-3-4-9(17-8)11-14-13-10(7-12)15(11)5-6-16-2/h8-9H,3-7H2,1-2H3. The molecule has 2 atom stereocenters. The fourth-order valence-electron chi connectivity index (χ4n) is 2.10.